The molecule has 1 N–H and O–H groups in total. The molecule has 0 aliphatic rings. The number of para-hydroxylation sites is 1. The molecule has 0 aromatic heterocycles. The van der Waals surface area contributed by atoms with Crippen LogP contribution in [0.5, 0.6) is 5.75 Å². The molecule has 0 bridgehead atoms. The van der Waals surface area contributed by atoms with Crippen LogP contribution < -0.4 is 10.1 Å². The lowest BCUT2D eigenvalue weighted by Crippen LogP contribution is -1.99. The minimum atomic E-state index is 0.739. The van der Waals surface area contributed by atoms with Crippen molar-refractivity contribution in [3.05, 3.63) is 71.2 Å². The zero-order valence-electron chi connectivity index (χ0n) is 11.8. The summed E-state index contributed by atoms with van der Waals surface area (Å²) in [5, 5.41) is 6.48. The van der Waals surface area contributed by atoms with Crippen molar-refractivity contribution in [3.63, 3.8) is 0 Å². The highest BCUT2D eigenvalue weighted by molar-refractivity contribution is 6.33. The Bertz CT molecular complexity index is 770. The lowest BCUT2D eigenvalue weighted by molar-refractivity contribution is 0.415. The van der Waals surface area contributed by atoms with Crippen LogP contribution in [0.1, 0.15) is 5.56 Å². The fourth-order valence-corrected chi connectivity index (χ4v) is 2.51. The van der Waals surface area contributed by atoms with E-state index in [1.165, 1.54) is 16.3 Å². The van der Waals surface area contributed by atoms with Crippen LogP contribution in [0.2, 0.25) is 5.02 Å². The summed E-state index contributed by atoms with van der Waals surface area (Å²) in [5.41, 5.74) is 2.17. The number of hydrogen-bond donors (Lipinski definition) is 1. The van der Waals surface area contributed by atoms with E-state index in [-0.39, 0.29) is 0 Å². The van der Waals surface area contributed by atoms with Gasteiger partial charge in [-0.15, -0.1) is 0 Å². The van der Waals surface area contributed by atoms with Crippen molar-refractivity contribution in [2.45, 2.75) is 6.54 Å². The van der Waals surface area contributed by atoms with E-state index < -0.39 is 0 Å². The molecule has 0 spiro atoms. The normalized spacial score (nSPS) is 10.6. The average molecular weight is 298 g/mol. The maximum atomic E-state index is 6.14. The first-order valence-electron chi connectivity index (χ1n) is 6.81. The molecule has 3 aromatic rings. The van der Waals surface area contributed by atoms with Crippen molar-refractivity contribution in [2.75, 3.05) is 12.4 Å². The molecule has 0 aliphatic heterocycles. The molecule has 0 heterocycles. The predicted molar refractivity (Wildman–Crippen MR) is 89.3 cm³/mol. The van der Waals surface area contributed by atoms with Crippen molar-refractivity contribution in [1.82, 2.24) is 0 Å². The molecular weight excluding hydrogens is 282 g/mol. The lowest BCUT2D eigenvalue weighted by Gasteiger charge is -2.09. The highest BCUT2D eigenvalue weighted by Gasteiger charge is 2.01. The Morgan fingerprint density at radius 1 is 0.952 bits per heavy atom. The number of rotatable bonds is 4. The molecule has 0 unspecified atom stereocenters. The molecule has 106 valence electrons. The zero-order valence-corrected chi connectivity index (χ0v) is 12.5. The Labute approximate surface area is 129 Å². The van der Waals surface area contributed by atoms with Crippen LogP contribution >= 0.6 is 11.6 Å². The highest BCUT2D eigenvalue weighted by atomic mass is 35.5. The van der Waals surface area contributed by atoms with E-state index in [4.69, 9.17) is 16.3 Å². The Hall–Kier alpha value is -2.19. The van der Waals surface area contributed by atoms with Crippen LogP contribution in [-0.4, -0.2) is 7.11 Å². The van der Waals surface area contributed by atoms with Gasteiger partial charge in [-0.25, -0.2) is 0 Å². The predicted octanol–water partition coefficient (Wildman–Crippen LogP) is 5.11. The highest BCUT2D eigenvalue weighted by Crippen LogP contribution is 2.24. The minimum Gasteiger partial charge on any atom is -0.497 e. The van der Waals surface area contributed by atoms with Crippen LogP contribution in [0.3, 0.4) is 0 Å². The van der Waals surface area contributed by atoms with Crippen molar-refractivity contribution in [3.8, 4) is 5.75 Å². The molecule has 0 aliphatic carbocycles. The molecule has 0 amide bonds. The van der Waals surface area contributed by atoms with E-state index in [0.717, 1.165) is 23.0 Å². The molecule has 0 saturated heterocycles. The van der Waals surface area contributed by atoms with Gasteiger partial charge in [0.1, 0.15) is 5.75 Å². The summed E-state index contributed by atoms with van der Waals surface area (Å²) >= 11 is 6.14. The number of anilines is 1. The number of methoxy groups -OCH3 is 1. The third-order valence-corrected chi connectivity index (χ3v) is 3.80. The van der Waals surface area contributed by atoms with Gasteiger partial charge in [0.2, 0.25) is 0 Å². The van der Waals surface area contributed by atoms with Crippen molar-refractivity contribution in [1.29, 1.82) is 0 Å². The smallest absolute Gasteiger partial charge is 0.119 e. The number of hydrogen-bond acceptors (Lipinski definition) is 2. The van der Waals surface area contributed by atoms with E-state index in [0.29, 0.717) is 0 Å². The Balaban J connectivity index is 1.80. The van der Waals surface area contributed by atoms with Crippen LogP contribution in [-0.2, 0) is 6.54 Å². The maximum Gasteiger partial charge on any atom is 0.119 e. The molecular formula is C18H16ClNO. The van der Waals surface area contributed by atoms with Gasteiger partial charge in [0.25, 0.3) is 0 Å². The molecule has 3 rings (SSSR count). The van der Waals surface area contributed by atoms with E-state index in [1.807, 2.05) is 36.4 Å². The van der Waals surface area contributed by atoms with E-state index in [9.17, 15) is 0 Å². The SMILES string of the molecule is COc1ccc2cc(CNc3ccccc3Cl)ccc2c1. The first-order valence-corrected chi connectivity index (χ1v) is 7.19. The molecule has 3 aromatic carbocycles. The fourth-order valence-electron chi connectivity index (χ4n) is 2.31. The van der Waals surface area contributed by atoms with E-state index in [2.05, 4.69) is 29.6 Å². The van der Waals surface area contributed by atoms with E-state index in [1.54, 1.807) is 7.11 Å². The second kappa shape index (κ2) is 6.06. The largest absolute Gasteiger partial charge is 0.497 e. The standard InChI is InChI=1S/C18H16ClNO/c1-21-16-9-8-14-10-13(6-7-15(14)11-16)12-20-18-5-3-2-4-17(18)19/h2-11,20H,12H2,1H3. The van der Waals surface area contributed by atoms with Gasteiger partial charge >= 0.3 is 0 Å². The second-order valence-corrected chi connectivity index (χ2v) is 5.29. The van der Waals surface area contributed by atoms with Crippen molar-refractivity contribution in [2.24, 2.45) is 0 Å². The van der Waals surface area contributed by atoms with Crippen LogP contribution in [0.25, 0.3) is 10.8 Å². The quantitative estimate of drug-likeness (QED) is 0.722. The topological polar surface area (TPSA) is 21.3 Å². The maximum absolute atomic E-state index is 6.14. The summed E-state index contributed by atoms with van der Waals surface area (Å²) < 4.78 is 5.24. The number of fused-ring (bicyclic) bond motifs is 1. The average Bonchev–Trinajstić information content (AvgIpc) is 2.53. The molecule has 2 nitrogen and oxygen atoms in total. The van der Waals surface area contributed by atoms with Gasteiger partial charge in [-0.2, -0.15) is 0 Å². The van der Waals surface area contributed by atoms with Gasteiger partial charge in [0.05, 0.1) is 17.8 Å². The van der Waals surface area contributed by atoms with Gasteiger partial charge in [-0.3, -0.25) is 0 Å². The summed E-state index contributed by atoms with van der Waals surface area (Å²) in [6.07, 6.45) is 0. The summed E-state index contributed by atoms with van der Waals surface area (Å²) in [6, 6.07) is 20.3. The lowest BCUT2D eigenvalue weighted by atomic mass is 10.1. The third kappa shape index (κ3) is 3.11. The van der Waals surface area contributed by atoms with Crippen molar-refractivity contribution < 1.29 is 4.74 Å². The van der Waals surface area contributed by atoms with Crippen LogP contribution in [0, 0.1) is 0 Å². The Morgan fingerprint density at radius 3 is 2.52 bits per heavy atom. The molecule has 0 radical (unpaired) electrons. The van der Waals surface area contributed by atoms with Gasteiger partial charge < -0.3 is 10.1 Å². The zero-order chi connectivity index (χ0) is 14.7. The van der Waals surface area contributed by atoms with Gasteiger partial charge in [0, 0.05) is 6.54 Å². The van der Waals surface area contributed by atoms with Gasteiger partial charge in [-0.1, -0.05) is 41.9 Å². The number of halogens is 1. The molecule has 0 saturated carbocycles. The van der Waals surface area contributed by atoms with E-state index >= 15 is 0 Å². The van der Waals surface area contributed by atoms with Crippen LogP contribution in [0.15, 0.2) is 60.7 Å². The fraction of sp³-hybridized carbons (Fsp3) is 0.111. The molecule has 0 fully saturated rings. The molecule has 3 heteroatoms. The summed E-state index contributed by atoms with van der Waals surface area (Å²) in [7, 11) is 1.68. The Kier molecular flexibility index (Phi) is 3.98. The second-order valence-electron chi connectivity index (χ2n) is 4.88. The summed E-state index contributed by atoms with van der Waals surface area (Å²) in [6.45, 7) is 0.742. The number of benzene rings is 3. The summed E-state index contributed by atoms with van der Waals surface area (Å²) in [5.74, 6) is 0.879. The third-order valence-electron chi connectivity index (χ3n) is 3.47. The number of nitrogens with one attached hydrogen (secondary N) is 1. The monoisotopic (exact) mass is 297 g/mol. The van der Waals surface area contributed by atoms with Crippen molar-refractivity contribution >= 4 is 28.1 Å². The molecule has 0 atom stereocenters. The molecule has 21 heavy (non-hydrogen) atoms. The Morgan fingerprint density at radius 2 is 1.71 bits per heavy atom. The number of ether oxygens (including phenoxy) is 1. The van der Waals surface area contributed by atoms with Gasteiger partial charge in [0.15, 0.2) is 0 Å². The minimum absolute atomic E-state index is 0.739. The first-order chi connectivity index (χ1) is 10.3. The summed E-state index contributed by atoms with van der Waals surface area (Å²) in [4.78, 5) is 0. The van der Waals surface area contributed by atoms with Crippen LogP contribution in [0.4, 0.5) is 5.69 Å². The first kappa shape index (κ1) is 13.8. The van der Waals surface area contributed by atoms with Gasteiger partial charge in [-0.05, 0) is 46.7 Å².